The van der Waals surface area contributed by atoms with Crippen molar-refractivity contribution in [2.24, 2.45) is 5.10 Å². The maximum Gasteiger partial charge on any atom is 0.262 e. The molecular weight excluding hydrogens is 349 g/mol. The van der Waals surface area contributed by atoms with Crippen molar-refractivity contribution in [3.8, 4) is 17.1 Å². The molecule has 126 valence electrons. The largest absolute Gasteiger partial charge is 0.868 e. The summed E-state index contributed by atoms with van der Waals surface area (Å²) < 4.78 is 15.3. The molecule has 0 saturated carbocycles. The van der Waals surface area contributed by atoms with Crippen molar-refractivity contribution in [1.82, 2.24) is 14.9 Å². The summed E-state index contributed by atoms with van der Waals surface area (Å²) in [4.78, 5) is 10.1. The van der Waals surface area contributed by atoms with Crippen molar-refractivity contribution < 1.29 is 14.4 Å². The first kappa shape index (κ1) is 16.5. The van der Waals surface area contributed by atoms with E-state index in [1.54, 1.807) is 6.07 Å². The van der Waals surface area contributed by atoms with Gasteiger partial charge in [0.25, 0.3) is 5.69 Å². The van der Waals surface area contributed by atoms with E-state index in [1.165, 1.54) is 35.2 Å². The van der Waals surface area contributed by atoms with E-state index in [2.05, 4.69) is 15.3 Å². The van der Waals surface area contributed by atoms with Crippen LogP contribution in [0.2, 0.25) is 0 Å². The van der Waals surface area contributed by atoms with Gasteiger partial charge in [0.1, 0.15) is 5.82 Å². The number of rotatable bonds is 4. The summed E-state index contributed by atoms with van der Waals surface area (Å²) in [5, 5.41) is 32.8. The fourth-order valence-corrected chi connectivity index (χ4v) is 2.28. The van der Waals surface area contributed by atoms with E-state index in [0.29, 0.717) is 5.56 Å². The topological polar surface area (TPSA) is 112 Å². The van der Waals surface area contributed by atoms with Crippen molar-refractivity contribution >= 4 is 24.1 Å². The first-order chi connectivity index (χ1) is 12.0. The molecule has 25 heavy (non-hydrogen) atoms. The summed E-state index contributed by atoms with van der Waals surface area (Å²) in [6.45, 7) is 0. The van der Waals surface area contributed by atoms with Gasteiger partial charge in [0.2, 0.25) is 4.77 Å². The van der Waals surface area contributed by atoms with E-state index in [-0.39, 0.29) is 16.2 Å². The van der Waals surface area contributed by atoms with Gasteiger partial charge in [-0.25, -0.2) is 9.49 Å². The van der Waals surface area contributed by atoms with Crippen molar-refractivity contribution in [2.45, 2.75) is 0 Å². The summed E-state index contributed by atoms with van der Waals surface area (Å²) >= 11 is 5.07. The number of nitro benzene ring substituents is 1. The van der Waals surface area contributed by atoms with Crippen LogP contribution >= 0.6 is 12.2 Å². The molecular formula is C15H9FN5O3S-. The Morgan fingerprint density at radius 3 is 2.80 bits per heavy atom. The molecule has 8 nitrogen and oxygen atoms in total. The van der Waals surface area contributed by atoms with Crippen LogP contribution in [0, 0.1) is 20.7 Å². The zero-order valence-corrected chi connectivity index (χ0v) is 13.2. The number of hydrogen-bond donors (Lipinski definition) is 1. The van der Waals surface area contributed by atoms with Gasteiger partial charge in [-0.05, 0) is 30.1 Å². The fourth-order valence-electron chi connectivity index (χ4n) is 2.10. The van der Waals surface area contributed by atoms with Gasteiger partial charge < -0.3 is 5.11 Å². The number of benzene rings is 2. The number of nitro groups is 1. The standard InChI is InChI=1S/C15H10FN5O3S/c16-11-4-2-1-3-10(11)14-18-19-15(25)20(14)17-8-9-5-6-13(22)12(7-9)21(23)24/h1-8,22H,(H,19,25)/p-1/b17-8-. The highest BCUT2D eigenvalue weighted by molar-refractivity contribution is 7.71. The Morgan fingerprint density at radius 2 is 2.08 bits per heavy atom. The highest BCUT2D eigenvalue weighted by atomic mass is 32.1. The molecule has 0 spiro atoms. The third-order valence-corrected chi connectivity index (χ3v) is 3.53. The molecule has 1 N–H and O–H groups in total. The Kier molecular flexibility index (Phi) is 4.35. The molecule has 0 unspecified atom stereocenters. The van der Waals surface area contributed by atoms with Gasteiger partial charge in [0.15, 0.2) is 5.82 Å². The molecule has 0 radical (unpaired) electrons. The highest BCUT2D eigenvalue weighted by Gasteiger charge is 2.12. The second-order valence-electron chi connectivity index (χ2n) is 4.87. The first-order valence-electron chi connectivity index (χ1n) is 6.89. The molecule has 1 aromatic heterocycles. The summed E-state index contributed by atoms with van der Waals surface area (Å²) in [7, 11) is 0. The molecule has 2 aromatic carbocycles. The summed E-state index contributed by atoms with van der Waals surface area (Å²) in [5.74, 6) is -1.05. The average Bonchev–Trinajstić information content (AvgIpc) is 2.95. The molecule has 3 rings (SSSR count). The third-order valence-electron chi connectivity index (χ3n) is 3.27. The number of halogens is 1. The van der Waals surface area contributed by atoms with Crippen molar-refractivity contribution in [3.63, 3.8) is 0 Å². The smallest absolute Gasteiger partial charge is 0.262 e. The summed E-state index contributed by atoms with van der Waals surface area (Å²) in [6, 6.07) is 9.52. The predicted octanol–water partition coefficient (Wildman–Crippen LogP) is 2.61. The van der Waals surface area contributed by atoms with Crippen LogP contribution in [-0.2, 0) is 0 Å². The molecule has 0 aliphatic rings. The molecule has 0 saturated heterocycles. The molecule has 0 atom stereocenters. The monoisotopic (exact) mass is 358 g/mol. The summed E-state index contributed by atoms with van der Waals surface area (Å²) in [5.41, 5.74) is -0.0594. The molecule has 0 aliphatic carbocycles. The van der Waals surface area contributed by atoms with E-state index in [0.717, 1.165) is 12.1 Å². The predicted molar refractivity (Wildman–Crippen MR) is 88.3 cm³/mol. The SMILES string of the molecule is O=[N+]([O-])c1cc(/C=N\n2c(-c3ccccc3F)n[nH]c2=S)ccc1[O-]. The maximum atomic E-state index is 14.0. The number of aromatic nitrogens is 3. The Balaban J connectivity index is 2.02. The van der Waals surface area contributed by atoms with Gasteiger partial charge in [0.05, 0.1) is 16.7 Å². The molecule has 0 aliphatic heterocycles. The Bertz CT molecular complexity index is 1040. The van der Waals surface area contributed by atoms with Gasteiger partial charge in [-0.15, -0.1) is 0 Å². The summed E-state index contributed by atoms with van der Waals surface area (Å²) in [6.07, 6.45) is 1.27. The molecule has 1 heterocycles. The number of nitrogens with one attached hydrogen (secondary N) is 1. The zero-order valence-electron chi connectivity index (χ0n) is 12.4. The number of H-pyrrole nitrogens is 1. The van der Waals surface area contributed by atoms with E-state index < -0.39 is 22.2 Å². The molecule has 0 fully saturated rings. The lowest BCUT2D eigenvalue weighted by Crippen LogP contribution is -2.00. The molecule has 0 bridgehead atoms. The van der Waals surface area contributed by atoms with E-state index >= 15 is 0 Å². The minimum atomic E-state index is -0.770. The van der Waals surface area contributed by atoms with Gasteiger partial charge in [-0.3, -0.25) is 10.1 Å². The Labute approximate surface area is 145 Å². The Morgan fingerprint density at radius 1 is 1.32 bits per heavy atom. The van der Waals surface area contributed by atoms with Crippen LogP contribution < -0.4 is 5.11 Å². The zero-order chi connectivity index (χ0) is 18.0. The molecule has 10 heteroatoms. The van der Waals surface area contributed by atoms with E-state index in [4.69, 9.17) is 12.2 Å². The number of aromatic amines is 1. The second kappa shape index (κ2) is 6.61. The van der Waals surface area contributed by atoms with Gasteiger partial charge >= 0.3 is 0 Å². The van der Waals surface area contributed by atoms with E-state index in [1.807, 2.05) is 0 Å². The van der Waals surface area contributed by atoms with Crippen LogP contribution in [0.3, 0.4) is 0 Å². The third kappa shape index (κ3) is 3.28. The second-order valence-corrected chi connectivity index (χ2v) is 5.26. The quantitative estimate of drug-likeness (QED) is 0.333. The number of hydrogen-bond acceptors (Lipinski definition) is 6. The van der Waals surface area contributed by atoms with Crippen LogP contribution in [0.25, 0.3) is 11.4 Å². The van der Waals surface area contributed by atoms with Crippen LogP contribution in [0.4, 0.5) is 10.1 Å². The van der Waals surface area contributed by atoms with Crippen LogP contribution in [-0.4, -0.2) is 26.0 Å². The Hall–Kier alpha value is -3.40. The van der Waals surface area contributed by atoms with Gasteiger partial charge in [-0.2, -0.15) is 14.9 Å². The van der Waals surface area contributed by atoms with Gasteiger partial charge in [0, 0.05) is 11.6 Å². The molecule has 3 aromatic rings. The lowest BCUT2D eigenvalue weighted by molar-refractivity contribution is -0.398. The highest BCUT2D eigenvalue weighted by Crippen LogP contribution is 2.23. The van der Waals surface area contributed by atoms with Crippen molar-refractivity contribution in [1.29, 1.82) is 0 Å². The lowest BCUT2D eigenvalue weighted by Gasteiger charge is -2.06. The normalized spacial score (nSPS) is 11.1. The van der Waals surface area contributed by atoms with Gasteiger partial charge in [-0.1, -0.05) is 24.3 Å². The molecule has 0 amide bonds. The van der Waals surface area contributed by atoms with Crippen LogP contribution in [0.5, 0.6) is 5.75 Å². The lowest BCUT2D eigenvalue weighted by atomic mass is 10.2. The fraction of sp³-hybridized carbons (Fsp3) is 0. The maximum absolute atomic E-state index is 14.0. The van der Waals surface area contributed by atoms with E-state index in [9.17, 15) is 19.6 Å². The number of nitrogens with zero attached hydrogens (tertiary/aromatic N) is 4. The van der Waals surface area contributed by atoms with Crippen LogP contribution in [0.15, 0.2) is 47.6 Å². The minimum Gasteiger partial charge on any atom is -0.868 e. The first-order valence-corrected chi connectivity index (χ1v) is 7.30. The van der Waals surface area contributed by atoms with Crippen molar-refractivity contribution in [2.75, 3.05) is 0 Å². The van der Waals surface area contributed by atoms with Crippen molar-refractivity contribution in [3.05, 3.63) is 68.7 Å². The minimum absolute atomic E-state index is 0.115. The van der Waals surface area contributed by atoms with Crippen LogP contribution in [0.1, 0.15) is 5.56 Å². The average molecular weight is 358 g/mol.